The van der Waals surface area contributed by atoms with Crippen LogP contribution in [0.15, 0.2) is 0 Å². The third-order valence-corrected chi connectivity index (χ3v) is 3.19. The molecule has 0 radical (unpaired) electrons. The van der Waals surface area contributed by atoms with Crippen molar-refractivity contribution in [1.82, 2.24) is 0 Å². The molecule has 1 N–H and O–H groups in total. The SMILES string of the molecule is CC(C)CC(C)(CCCC(C)(C)C)CC(=O)O. The minimum absolute atomic E-state index is 0.0365. The second kappa shape index (κ2) is 6.42. The molecule has 0 aliphatic heterocycles. The Hall–Kier alpha value is -0.530. The Kier molecular flexibility index (Phi) is 6.22. The van der Waals surface area contributed by atoms with Crippen molar-refractivity contribution < 1.29 is 9.90 Å². The van der Waals surface area contributed by atoms with E-state index in [4.69, 9.17) is 5.11 Å². The summed E-state index contributed by atoms with van der Waals surface area (Å²) in [7, 11) is 0. The number of hydrogen-bond acceptors (Lipinski definition) is 1. The molecule has 0 aromatic carbocycles. The van der Waals surface area contributed by atoms with Gasteiger partial charge < -0.3 is 5.11 Å². The largest absolute Gasteiger partial charge is 0.481 e. The van der Waals surface area contributed by atoms with Crippen molar-refractivity contribution in [3.8, 4) is 0 Å². The molecule has 0 rings (SSSR count). The summed E-state index contributed by atoms with van der Waals surface area (Å²) in [5, 5.41) is 9.02. The lowest BCUT2D eigenvalue weighted by molar-refractivity contribution is -0.139. The molecule has 1 atom stereocenters. The Balaban J connectivity index is 4.33. The summed E-state index contributed by atoms with van der Waals surface area (Å²) in [6.07, 6.45) is 4.62. The van der Waals surface area contributed by atoms with Gasteiger partial charge in [0.2, 0.25) is 0 Å². The Morgan fingerprint density at radius 2 is 1.65 bits per heavy atom. The number of carbonyl (C=O) groups is 1. The average molecular weight is 242 g/mol. The fourth-order valence-corrected chi connectivity index (χ4v) is 2.66. The first-order valence-electron chi connectivity index (χ1n) is 6.76. The van der Waals surface area contributed by atoms with E-state index in [1.54, 1.807) is 0 Å². The van der Waals surface area contributed by atoms with Gasteiger partial charge in [-0.2, -0.15) is 0 Å². The maximum atomic E-state index is 11.0. The van der Waals surface area contributed by atoms with E-state index in [2.05, 4.69) is 41.5 Å². The fraction of sp³-hybridized carbons (Fsp3) is 0.933. The van der Waals surface area contributed by atoms with Crippen LogP contribution in [0.2, 0.25) is 0 Å². The number of rotatable bonds is 7. The first-order valence-corrected chi connectivity index (χ1v) is 6.76. The molecule has 0 aliphatic carbocycles. The predicted molar refractivity (Wildman–Crippen MR) is 73.1 cm³/mol. The molecule has 17 heavy (non-hydrogen) atoms. The molecule has 0 heterocycles. The molecular formula is C15H30O2. The van der Waals surface area contributed by atoms with Gasteiger partial charge in [-0.05, 0) is 36.0 Å². The lowest BCUT2D eigenvalue weighted by Crippen LogP contribution is -2.23. The van der Waals surface area contributed by atoms with Crippen molar-refractivity contribution in [2.75, 3.05) is 0 Å². The van der Waals surface area contributed by atoms with E-state index in [1.807, 2.05) is 0 Å². The van der Waals surface area contributed by atoms with Crippen LogP contribution in [-0.2, 0) is 4.79 Å². The first kappa shape index (κ1) is 16.5. The molecular weight excluding hydrogens is 212 g/mol. The van der Waals surface area contributed by atoms with Gasteiger partial charge in [-0.3, -0.25) is 4.79 Å². The molecule has 0 spiro atoms. The summed E-state index contributed by atoms with van der Waals surface area (Å²) < 4.78 is 0. The van der Waals surface area contributed by atoms with E-state index in [0.29, 0.717) is 17.8 Å². The van der Waals surface area contributed by atoms with Crippen LogP contribution in [0.4, 0.5) is 0 Å². The predicted octanol–water partition coefficient (Wildman–Crippen LogP) is 4.73. The van der Waals surface area contributed by atoms with Gasteiger partial charge in [0, 0.05) is 0 Å². The van der Waals surface area contributed by atoms with Crippen LogP contribution >= 0.6 is 0 Å². The number of carboxylic acid groups (broad SMARTS) is 1. The van der Waals surface area contributed by atoms with Crippen molar-refractivity contribution in [3.05, 3.63) is 0 Å². The molecule has 0 aliphatic rings. The zero-order valence-electron chi connectivity index (χ0n) is 12.5. The van der Waals surface area contributed by atoms with Crippen LogP contribution in [0.3, 0.4) is 0 Å². The van der Waals surface area contributed by atoms with Crippen LogP contribution < -0.4 is 0 Å². The van der Waals surface area contributed by atoms with Crippen molar-refractivity contribution >= 4 is 5.97 Å². The van der Waals surface area contributed by atoms with Gasteiger partial charge in [-0.25, -0.2) is 0 Å². The summed E-state index contributed by atoms with van der Waals surface area (Å²) in [6, 6.07) is 0. The Morgan fingerprint density at radius 3 is 2.00 bits per heavy atom. The summed E-state index contributed by atoms with van der Waals surface area (Å²) in [5.41, 5.74) is 0.313. The summed E-state index contributed by atoms with van der Waals surface area (Å²) in [6.45, 7) is 13.2. The number of aliphatic carboxylic acids is 1. The Labute approximate surface area is 107 Å². The standard InChI is InChI=1S/C15H30O2/c1-12(2)10-15(6,11-13(16)17)9-7-8-14(3,4)5/h12H,7-11H2,1-6H3,(H,16,17). The Morgan fingerprint density at radius 1 is 1.12 bits per heavy atom. The van der Waals surface area contributed by atoms with E-state index in [0.717, 1.165) is 19.3 Å². The molecule has 0 bridgehead atoms. The van der Waals surface area contributed by atoms with Gasteiger partial charge in [-0.1, -0.05) is 48.0 Å². The second-order valence-electron chi connectivity index (χ2n) is 7.39. The van der Waals surface area contributed by atoms with Gasteiger partial charge in [0.05, 0.1) is 6.42 Å². The van der Waals surface area contributed by atoms with Crippen LogP contribution in [0, 0.1) is 16.7 Å². The molecule has 2 nitrogen and oxygen atoms in total. The third-order valence-electron chi connectivity index (χ3n) is 3.19. The lowest BCUT2D eigenvalue weighted by Gasteiger charge is -2.31. The summed E-state index contributed by atoms with van der Waals surface area (Å²) in [4.78, 5) is 11.0. The normalized spacial score (nSPS) is 15.9. The molecule has 0 aromatic rings. The highest BCUT2D eigenvalue weighted by molar-refractivity contribution is 5.67. The lowest BCUT2D eigenvalue weighted by atomic mass is 9.74. The zero-order valence-corrected chi connectivity index (χ0v) is 12.5. The zero-order chi connectivity index (χ0) is 13.7. The van der Waals surface area contributed by atoms with E-state index in [9.17, 15) is 4.79 Å². The summed E-state index contributed by atoms with van der Waals surface area (Å²) >= 11 is 0. The van der Waals surface area contributed by atoms with E-state index < -0.39 is 5.97 Å². The van der Waals surface area contributed by atoms with Crippen LogP contribution in [0.25, 0.3) is 0 Å². The smallest absolute Gasteiger partial charge is 0.303 e. The molecule has 0 fully saturated rings. The van der Waals surface area contributed by atoms with Crippen LogP contribution in [-0.4, -0.2) is 11.1 Å². The monoisotopic (exact) mass is 242 g/mol. The van der Waals surface area contributed by atoms with Crippen molar-refractivity contribution in [3.63, 3.8) is 0 Å². The maximum absolute atomic E-state index is 11.0. The minimum Gasteiger partial charge on any atom is -0.481 e. The van der Waals surface area contributed by atoms with Gasteiger partial charge in [0.15, 0.2) is 0 Å². The van der Waals surface area contributed by atoms with E-state index in [1.165, 1.54) is 6.42 Å². The highest BCUT2D eigenvalue weighted by Crippen LogP contribution is 2.37. The molecule has 0 saturated carbocycles. The highest BCUT2D eigenvalue weighted by atomic mass is 16.4. The maximum Gasteiger partial charge on any atom is 0.303 e. The van der Waals surface area contributed by atoms with E-state index in [-0.39, 0.29) is 5.41 Å². The second-order valence-corrected chi connectivity index (χ2v) is 7.39. The van der Waals surface area contributed by atoms with Gasteiger partial charge in [-0.15, -0.1) is 0 Å². The van der Waals surface area contributed by atoms with Gasteiger partial charge >= 0.3 is 5.97 Å². The van der Waals surface area contributed by atoms with Crippen molar-refractivity contribution in [2.45, 2.75) is 73.6 Å². The molecule has 2 heteroatoms. The topological polar surface area (TPSA) is 37.3 Å². The van der Waals surface area contributed by atoms with E-state index >= 15 is 0 Å². The van der Waals surface area contributed by atoms with Crippen molar-refractivity contribution in [1.29, 1.82) is 0 Å². The van der Waals surface area contributed by atoms with Crippen molar-refractivity contribution in [2.24, 2.45) is 16.7 Å². The summed E-state index contributed by atoms with van der Waals surface area (Å²) in [5.74, 6) is -0.0992. The number of hydrogen-bond donors (Lipinski definition) is 1. The van der Waals surface area contributed by atoms with Crippen LogP contribution in [0.5, 0.6) is 0 Å². The average Bonchev–Trinajstić information content (AvgIpc) is 1.95. The van der Waals surface area contributed by atoms with Gasteiger partial charge in [0.1, 0.15) is 0 Å². The molecule has 0 saturated heterocycles. The van der Waals surface area contributed by atoms with Crippen LogP contribution in [0.1, 0.15) is 73.6 Å². The minimum atomic E-state index is -0.663. The fourth-order valence-electron chi connectivity index (χ4n) is 2.66. The molecule has 1 unspecified atom stereocenters. The third kappa shape index (κ3) is 9.20. The quantitative estimate of drug-likeness (QED) is 0.700. The first-order chi connectivity index (χ1) is 7.54. The molecule has 0 aromatic heterocycles. The molecule has 102 valence electrons. The highest BCUT2D eigenvalue weighted by Gasteiger charge is 2.28. The Bertz CT molecular complexity index is 238. The number of carboxylic acids is 1. The molecule has 0 amide bonds. The van der Waals surface area contributed by atoms with Gasteiger partial charge in [0.25, 0.3) is 0 Å².